The molecule has 0 aliphatic heterocycles. The van der Waals surface area contributed by atoms with Crippen molar-refractivity contribution in [3.8, 4) is 0 Å². The van der Waals surface area contributed by atoms with Crippen LogP contribution in [0.3, 0.4) is 0 Å². The summed E-state index contributed by atoms with van der Waals surface area (Å²) in [6.45, 7) is -2.41. The quantitative estimate of drug-likeness (QED) is 0.502. The van der Waals surface area contributed by atoms with Crippen molar-refractivity contribution in [3.63, 3.8) is 0 Å². The summed E-state index contributed by atoms with van der Waals surface area (Å²) in [5.41, 5.74) is 2.11. The van der Waals surface area contributed by atoms with E-state index in [4.69, 9.17) is 22.2 Å². The van der Waals surface area contributed by atoms with Gasteiger partial charge in [0.15, 0.2) is 0 Å². The maximum Gasteiger partial charge on any atom is 0.265 e. The molecule has 0 aromatic heterocycles. The molecule has 0 saturated heterocycles. The smallest absolute Gasteiger partial charge is 0.145 e. The maximum absolute atomic E-state index is 6.37. The summed E-state index contributed by atoms with van der Waals surface area (Å²) in [5.74, 6) is 0. The van der Waals surface area contributed by atoms with Gasteiger partial charge in [-0.15, -0.1) is 22.2 Å². The third-order valence-electron chi connectivity index (χ3n) is 2.05. The molecule has 0 aromatic carbocycles. The third-order valence-corrected chi connectivity index (χ3v) is 6.79. The lowest BCUT2D eigenvalue weighted by atomic mass is 10.3. The summed E-state index contributed by atoms with van der Waals surface area (Å²) in [5, 5.41) is 0. The monoisotopic (exact) mass is 226 g/mol. The molecule has 13 heavy (non-hydrogen) atoms. The zero-order valence-corrected chi connectivity index (χ0v) is 9.39. The Morgan fingerprint density at radius 2 is 1.00 bits per heavy atom. The average molecular weight is 227 g/mol. The molecule has 66 valence electrons. The SMILES string of the molecule is Cl[Si](Cl)([C]1[CH][CH][CH][CH]1)[C]1[CH][CH][CH][CH]1. The second-order valence-corrected chi connectivity index (χ2v) is 9.21. The van der Waals surface area contributed by atoms with Crippen LogP contribution in [-0.4, -0.2) is 6.69 Å². The van der Waals surface area contributed by atoms with E-state index in [1.165, 1.54) is 0 Å². The van der Waals surface area contributed by atoms with Gasteiger partial charge in [0, 0.05) is 11.1 Å². The van der Waals surface area contributed by atoms with Crippen molar-refractivity contribution >= 4 is 28.9 Å². The van der Waals surface area contributed by atoms with Crippen molar-refractivity contribution in [3.05, 3.63) is 62.4 Å². The first-order chi connectivity index (χ1) is 6.21. The summed E-state index contributed by atoms with van der Waals surface area (Å²) in [6.07, 6.45) is 15.8. The molecule has 3 heteroatoms. The minimum absolute atomic E-state index is 1.06. The molecular weight excluding hydrogens is 219 g/mol. The van der Waals surface area contributed by atoms with Crippen LogP contribution in [-0.2, 0) is 0 Å². The zero-order chi connectivity index (χ0) is 9.31. The highest BCUT2D eigenvalue weighted by Gasteiger charge is 2.48. The molecule has 0 spiro atoms. The molecule has 0 atom stereocenters. The molecule has 2 aliphatic carbocycles. The van der Waals surface area contributed by atoms with Gasteiger partial charge in [-0.25, -0.2) is 0 Å². The minimum atomic E-state index is -2.41. The summed E-state index contributed by atoms with van der Waals surface area (Å²) in [6, 6.07) is 0. The van der Waals surface area contributed by atoms with Gasteiger partial charge in [0.05, 0.1) is 0 Å². The van der Waals surface area contributed by atoms with Crippen molar-refractivity contribution in [2.75, 3.05) is 0 Å². The predicted molar refractivity (Wildman–Crippen MR) is 58.3 cm³/mol. The molecule has 0 aromatic rings. The number of hydrogen-bond donors (Lipinski definition) is 0. The highest BCUT2D eigenvalue weighted by molar-refractivity contribution is 7.50. The zero-order valence-electron chi connectivity index (χ0n) is 6.87. The molecule has 0 N–H and O–H groups in total. The van der Waals surface area contributed by atoms with Gasteiger partial charge < -0.3 is 0 Å². The van der Waals surface area contributed by atoms with E-state index in [0.717, 1.165) is 11.1 Å². The molecule has 0 nitrogen and oxygen atoms in total. The number of halogens is 2. The minimum Gasteiger partial charge on any atom is -0.145 e. The van der Waals surface area contributed by atoms with Crippen molar-refractivity contribution in [1.82, 2.24) is 0 Å². The Hall–Kier alpha value is 0.797. The fourth-order valence-corrected chi connectivity index (χ4v) is 4.40. The van der Waals surface area contributed by atoms with E-state index >= 15 is 0 Å². The Balaban J connectivity index is 1.99. The van der Waals surface area contributed by atoms with Gasteiger partial charge in [-0.1, -0.05) is 0 Å². The van der Waals surface area contributed by atoms with Crippen LogP contribution in [0.1, 0.15) is 0 Å². The molecule has 2 aliphatic rings. The van der Waals surface area contributed by atoms with E-state index in [9.17, 15) is 0 Å². The third kappa shape index (κ3) is 2.08. The van der Waals surface area contributed by atoms with E-state index in [1.807, 2.05) is 51.4 Å². The molecule has 0 amide bonds. The lowest BCUT2D eigenvalue weighted by Gasteiger charge is -2.27. The van der Waals surface area contributed by atoms with E-state index in [1.54, 1.807) is 0 Å². The van der Waals surface area contributed by atoms with Gasteiger partial charge in [0.2, 0.25) is 0 Å². The van der Waals surface area contributed by atoms with Crippen LogP contribution in [0, 0.1) is 62.4 Å². The molecule has 2 fully saturated rings. The van der Waals surface area contributed by atoms with Crippen molar-refractivity contribution < 1.29 is 0 Å². The Labute approximate surface area is 91.4 Å². The van der Waals surface area contributed by atoms with Gasteiger partial charge in [0.1, 0.15) is 0 Å². The van der Waals surface area contributed by atoms with Crippen LogP contribution >= 0.6 is 22.2 Å². The number of rotatable bonds is 2. The fourth-order valence-electron chi connectivity index (χ4n) is 1.33. The average Bonchev–Trinajstić information content (AvgIpc) is 2.78. The molecule has 2 saturated carbocycles. The van der Waals surface area contributed by atoms with E-state index < -0.39 is 6.69 Å². The van der Waals surface area contributed by atoms with Crippen LogP contribution in [0.15, 0.2) is 0 Å². The van der Waals surface area contributed by atoms with Crippen LogP contribution < -0.4 is 0 Å². The van der Waals surface area contributed by atoms with Crippen LogP contribution in [0.5, 0.6) is 0 Å². The standard InChI is InChI=1S/C10H8Cl2Si/c11-13(12,9-5-1-2-6-9)10-7-3-4-8-10/h1-8H. The summed E-state index contributed by atoms with van der Waals surface area (Å²) >= 11 is 12.7. The lowest BCUT2D eigenvalue weighted by Crippen LogP contribution is -2.36. The van der Waals surface area contributed by atoms with Gasteiger partial charge in [-0.3, -0.25) is 0 Å². The summed E-state index contributed by atoms with van der Waals surface area (Å²) in [4.78, 5) is 0. The van der Waals surface area contributed by atoms with Gasteiger partial charge >= 0.3 is 0 Å². The fraction of sp³-hybridized carbons (Fsp3) is 0. The van der Waals surface area contributed by atoms with Gasteiger partial charge in [-0.2, -0.15) is 0 Å². The molecule has 10 radical (unpaired) electrons. The predicted octanol–water partition coefficient (Wildman–Crippen LogP) is 2.80. The largest absolute Gasteiger partial charge is 0.265 e. The van der Waals surface area contributed by atoms with Crippen molar-refractivity contribution in [2.24, 2.45) is 0 Å². The summed E-state index contributed by atoms with van der Waals surface area (Å²) < 4.78 is 0. The topological polar surface area (TPSA) is 0 Å². The van der Waals surface area contributed by atoms with Crippen LogP contribution in [0.4, 0.5) is 0 Å². The van der Waals surface area contributed by atoms with E-state index in [0.29, 0.717) is 0 Å². The molecule has 0 heterocycles. The second kappa shape index (κ2) is 4.12. The molecule has 0 bridgehead atoms. The summed E-state index contributed by atoms with van der Waals surface area (Å²) in [7, 11) is 0. The lowest BCUT2D eigenvalue weighted by molar-refractivity contribution is 1.40. The molecule has 0 unspecified atom stereocenters. The highest BCUT2D eigenvalue weighted by atomic mass is 35.7. The Morgan fingerprint density at radius 3 is 1.31 bits per heavy atom. The first-order valence-electron chi connectivity index (χ1n) is 4.03. The Morgan fingerprint density at radius 1 is 0.692 bits per heavy atom. The first kappa shape index (κ1) is 10.3. The molecule has 2 rings (SSSR count). The maximum atomic E-state index is 6.37. The van der Waals surface area contributed by atoms with Crippen LogP contribution in [0.2, 0.25) is 0 Å². The number of hydrogen-bond acceptors (Lipinski definition) is 0. The first-order valence-corrected chi connectivity index (χ1v) is 8.06. The Bertz CT molecular complexity index is 152. The van der Waals surface area contributed by atoms with Gasteiger partial charge in [-0.05, 0) is 51.4 Å². The normalized spacial score (nSPS) is 27.2. The highest BCUT2D eigenvalue weighted by Crippen LogP contribution is 2.47. The van der Waals surface area contributed by atoms with E-state index in [2.05, 4.69) is 0 Å². The van der Waals surface area contributed by atoms with Crippen molar-refractivity contribution in [1.29, 1.82) is 0 Å². The van der Waals surface area contributed by atoms with Crippen molar-refractivity contribution in [2.45, 2.75) is 0 Å². The van der Waals surface area contributed by atoms with Crippen LogP contribution in [0.25, 0.3) is 0 Å². The Kier molecular flexibility index (Phi) is 3.27. The molecular formula is C10H8Cl2Si. The van der Waals surface area contributed by atoms with E-state index in [-0.39, 0.29) is 0 Å². The second-order valence-electron chi connectivity index (χ2n) is 2.92. The van der Waals surface area contributed by atoms with Gasteiger partial charge in [0.25, 0.3) is 6.69 Å².